The Hall–Kier alpha value is -3.46. The smallest absolute Gasteiger partial charge is 0.248 e. The molecule has 0 saturated heterocycles. The predicted octanol–water partition coefficient (Wildman–Crippen LogP) is 4.14. The van der Waals surface area contributed by atoms with Crippen molar-refractivity contribution in [3.8, 4) is 11.5 Å². The molecule has 1 aliphatic rings. The van der Waals surface area contributed by atoms with Gasteiger partial charge in [0.1, 0.15) is 12.6 Å². The molecule has 2 heterocycles. The van der Waals surface area contributed by atoms with Crippen molar-refractivity contribution in [2.24, 2.45) is 5.73 Å². The van der Waals surface area contributed by atoms with Crippen molar-refractivity contribution in [1.29, 1.82) is 0 Å². The van der Waals surface area contributed by atoms with E-state index in [9.17, 15) is 4.79 Å². The number of nitrogens with zero attached hydrogens (tertiary/aromatic N) is 3. The zero-order valence-corrected chi connectivity index (χ0v) is 19.7. The van der Waals surface area contributed by atoms with Crippen LogP contribution in [0.25, 0.3) is 0 Å². The summed E-state index contributed by atoms with van der Waals surface area (Å²) in [5, 5.41) is 8.47. The normalized spacial score (nSPS) is 15.1. The molecule has 8 nitrogen and oxygen atoms in total. The fourth-order valence-corrected chi connectivity index (χ4v) is 4.41. The van der Waals surface area contributed by atoms with E-state index in [1.807, 2.05) is 55.5 Å². The Morgan fingerprint density at radius 1 is 1.21 bits per heavy atom. The summed E-state index contributed by atoms with van der Waals surface area (Å²) < 4.78 is 13.3. The summed E-state index contributed by atoms with van der Waals surface area (Å²) in [4.78, 5) is 17.0. The van der Waals surface area contributed by atoms with Crippen LogP contribution < -0.4 is 20.5 Å². The third-order valence-corrected chi connectivity index (χ3v) is 6.32. The molecule has 1 aliphatic heterocycles. The number of benzene rings is 2. The van der Waals surface area contributed by atoms with Gasteiger partial charge in [-0.25, -0.2) is 4.68 Å². The van der Waals surface area contributed by atoms with E-state index in [2.05, 4.69) is 22.3 Å². The van der Waals surface area contributed by atoms with Gasteiger partial charge in [0.05, 0.1) is 12.7 Å². The van der Waals surface area contributed by atoms with Crippen molar-refractivity contribution in [3.05, 3.63) is 70.9 Å². The molecule has 172 valence electrons. The van der Waals surface area contributed by atoms with E-state index in [0.717, 1.165) is 23.3 Å². The van der Waals surface area contributed by atoms with Gasteiger partial charge >= 0.3 is 0 Å². The summed E-state index contributed by atoms with van der Waals surface area (Å²) in [5.74, 6) is 2.13. The van der Waals surface area contributed by atoms with Gasteiger partial charge in [0.2, 0.25) is 17.0 Å². The molecule has 1 aromatic heterocycles. The first-order valence-electron chi connectivity index (χ1n) is 10.7. The van der Waals surface area contributed by atoms with Gasteiger partial charge in [-0.3, -0.25) is 4.79 Å². The Balaban J connectivity index is 1.69. The second-order valence-electron chi connectivity index (χ2n) is 7.63. The highest BCUT2D eigenvalue weighted by atomic mass is 32.2. The van der Waals surface area contributed by atoms with Gasteiger partial charge in [-0.1, -0.05) is 55.1 Å². The van der Waals surface area contributed by atoms with Gasteiger partial charge in [0.15, 0.2) is 11.5 Å². The van der Waals surface area contributed by atoms with E-state index in [0.29, 0.717) is 40.5 Å². The van der Waals surface area contributed by atoms with E-state index in [1.165, 1.54) is 0 Å². The second-order valence-corrected chi connectivity index (χ2v) is 8.69. The predicted molar refractivity (Wildman–Crippen MR) is 128 cm³/mol. The van der Waals surface area contributed by atoms with Gasteiger partial charge in [0, 0.05) is 11.4 Å². The third-order valence-electron chi connectivity index (χ3n) is 5.27. The van der Waals surface area contributed by atoms with Crippen molar-refractivity contribution in [1.82, 2.24) is 14.8 Å². The molecule has 1 unspecified atom stereocenters. The lowest BCUT2D eigenvalue weighted by atomic mass is 9.95. The maximum Gasteiger partial charge on any atom is 0.248 e. The molecule has 4 rings (SSSR count). The highest BCUT2D eigenvalue weighted by Crippen LogP contribution is 2.39. The number of methoxy groups -OCH3 is 1. The number of nitrogens with one attached hydrogen (secondary N) is 1. The lowest BCUT2D eigenvalue weighted by Crippen LogP contribution is -2.31. The Morgan fingerprint density at radius 3 is 2.70 bits per heavy atom. The van der Waals surface area contributed by atoms with E-state index >= 15 is 0 Å². The number of ether oxygens (including phenoxy) is 2. The highest BCUT2D eigenvalue weighted by Gasteiger charge is 2.33. The summed E-state index contributed by atoms with van der Waals surface area (Å²) in [6.45, 7) is 4.34. The van der Waals surface area contributed by atoms with Crippen LogP contribution in [0.1, 0.15) is 37.4 Å². The number of allylic oxidation sites excluding steroid dienone is 1. The molecule has 1 amide bonds. The van der Waals surface area contributed by atoms with Crippen LogP contribution in [-0.2, 0) is 11.4 Å². The van der Waals surface area contributed by atoms with Crippen LogP contribution in [0.5, 0.6) is 11.5 Å². The first kappa shape index (κ1) is 22.7. The molecular weight excluding hydrogens is 438 g/mol. The quantitative estimate of drug-likeness (QED) is 0.458. The van der Waals surface area contributed by atoms with Crippen LogP contribution in [-0.4, -0.2) is 33.5 Å². The van der Waals surface area contributed by atoms with Gasteiger partial charge in [-0.15, -0.1) is 5.10 Å². The summed E-state index contributed by atoms with van der Waals surface area (Å²) in [6.07, 6.45) is 1.01. The number of thioether (sulfide) groups is 1. The second kappa shape index (κ2) is 9.99. The molecule has 1 atom stereocenters. The van der Waals surface area contributed by atoms with Crippen molar-refractivity contribution in [3.63, 3.8) is 0 Å². The van der Waals surface area contributed by atoms with Crippen LogP contribution in [0.2, 0.25) is 0 Å². The van der Waals surface area contributed by atoms with Crippen molar-refractivity contribution < 1.29 is 14.3 Å². The van der Waals surface area contributed by atoms with Crippen LogP contribution in [0.3, 0.4) is 0 Å². The van der Waals surface area contributed by atoms with Crippen LogP contribution in [0, 0.1) is 0 Å². The number of amides is 1. The number of anilines is 1. The summed E-state index contributed by atoms with van der Waals surface area (Å²) in [6, 6.07) is 15.0. The van der Waals surface area contributed by atoms with Crippen molar-refractivity contribution in [2.75, 3.05) is 18.2 Å². The van der Waals surface area contributed by atoms with E-state index in [-0.39, 0.29) is 0 Å². The van der Waals surface area contributed by atoms with Crippen LogP contribution in [0.4, 0.5) is 5.95 Å². The molecule has 0 saturated carbocycles. The number of hydrogen-bond acceptors (Lipinski definition) is 7. The average Bonchev–Trinajstić information content (AvgIpc) is 3.23. The molecule has 0 fully saturated rings. The Kier molecular flexibility index (Phi) is 6.88. The molecule has 9 heteroatoms. The zero-order chi connectivity index (χ0) is 23.4. The Morgan fingerprint density at radius 2 is 2.00 bits per heavy atom. The lowest BCUT2D eigenvalue weighted by Gasteiger charge is -2.28. The molecule has 0 bridgehead atoms. The number of carbonyl (C=O) groups excluding carboxylic acids is 1. The molecule has 0 aliphatic carbocycles. The van der Waals surface area contributed by atoms with E-state index in [1.54, 1.807) is 23.6 Å². The largest absolute Gasteiger partial charge is 0.493 e. The fourth-order valence-electron chi connectivity index (χ4n) is 3.72. The Labute approximate surface area is 197 Å². The van der Waals surface area contributed by atoms with Crippen molar-refractivity contribution >= 4 is 23.6 Å². The minimum Gasteiger partial charge on any atom is -0.493 e. The summed E-state index contributed by atoms with van der Waals surface area (Å²) in [7, 11) is 1.59. The number of fused-ring (bicyclic) bond motifs is 1. The molecule has 0 spiro atoms. The first-order valence-corrected chi connectivity index (χ1v) is 11.7. The molecule has 2 aromatic carbocycles. The number of carbonyl (C=O) groups is 1. The topological polar surface area (TPSA) is 104 Å². The van der Waals surface area contributed by atoms with Gasteiger partial charge in [-0.05, 0) is 36.6 Å². The van der Waals surface area contributed by atoms with Gasteiger partial charge in [-0.2, -0.15) is 4.98 Å². The van der Waals surface area contributed by atoms with Crippen LogP contribution in [0.15, 0.2) is 65.0 Å². The maximum atomic E-state index is 12.4. The SMILES string of the molecule is CCCSc1nc2n(n1)C(c1ccc(OCc3ccccc3)c(OC)c1)C(C(N)=O)=C(C)N2. The molecule has 3 aromatic rings. The highest BCUT2D eigenvalue weighted by molar-refractivity contribution is 7.99. The number of nitrogens with two attached hydrogens (primary N) is 1. The number of primary amides is 1. The average molecular weight is 466 g/mol. The maximum absolute atomic E-state index is 12.4. The zero-order valence-electron chi connectivity index (χ0n) is 18.9. The third kappa shape index (κ3) is 4.83. The molecule has 0 radical (unpaired) electrons. The summed E-state index contributed by atoms with van der Waals surface area (Å²) in [5.41, 5.74) is 8.72. The summed E-state index contributed by atoms with van der Waals surface area (Å²) >= 11 is 1.57. The number of hydrogen-bond donors (Lipinski definition) is 2. The minimum absolute atomic E-state index is 0.417. The first-order chi connectivity index (χ1) is 16.0. The standard InChI is InChI=1S/C24H27N5O3S/c1-4-12-33-24-27-23-26-15(2)20(22(25)30)21(29(23)28-24)17-10-11-18(19(13-17)31-3)32-14-16-8-6-5-7-9-16/h5-11,13,21H,4,12,14H2,1-3H3,(H2,25,30)(H,26,27,28). The molecule has 3 N–H and O–H groups in total. The number of rotatable bonds is 9. The van der Waals surface area contributed by atoms with Gasteiger partial charge in [0.25, 0.3) is 0 Å². The number of aromatic nitrogens is 3. The van der Waals surface area contributed by atoms with Gasteiger partial charge < -0.3 is 20.5 Å². The fraction of sp³-hybridized carbons (Fsp3) is 0.292. The van der Waals surface area contributed by atoms with Crippen LogP contribution >= 0.6 is 11.8 Å². The van der Waals surface area contributed by atoms with E-state index < -0.39 is 11.9 Å². The molecular formula is C24H27N5O3S. The lowest BCUT2D eigenvalue weighted by molar-refractivity contribution is -0.115. The Bertz CT molecular complexity index is 1180. The van der Waals surface area contributed by atoms with Crippen molar-refractivity contribution in [2.45, 2.75) is 38.1 Å². The molecule has 33 heavy (non-hydrogen) atoms. The minimum atomic E-state index is -0.528. The monoisotopic (exact) mass is 465 g/mol. The van der Waals surface area contributed by atoms with E-state index in [4.69, 9.17) is 15.2 Å².